The third kappa shape index (κ3) is 2.83. The van der Waals surface area contributed by atoms with Crippen molar-refractivity contribution >= 4 is 11.8 Å². The number of carbonyl (C=O) groups excluding carboxylic acids is 2. The summed E-state index contributed by atoms with van der Waals surface area (Å²) in [6, 6.07) is 3.63. The summed E-state index contributed by atoms with van der Waals surface area (Å²) in [4.78, 5) is 27.1. The number of rotatable bonds is 4. The van der Waals surface area contributed by atoms with Gasteiger partial charge in [-0.3, -0.25) is 9.59 Å². The number of carbonyl (C=O) groups is 2. The Morgan fingerprint density at radius 2 is 2.12 bits per heavy atom. The monoisotopic (exact) mass is 360 g/mol. The first kappa shape index (κ1) is 16.3. The van der Waals surface area contributed by atoms with Gasteiger partial charge in [0.25, 0.3) is 0 Å². The molecule has 6 atom stereocenters. The fraction of sp³-hybridized carbons (Fsp3) is 0.684. The minimum Gasteiger partial charge on any atom is -0.467 e. The van der Waals surface area contributed by atoms with Crippen LogP contribution in [0.25, 0.3) is 0 Å². The lowest BCUT2D eigenvalue weighted by atomic mass is 9.91. The average Bonchev–Trinajstić information content (AvgIpc) is 3.15. The van der Waals surface area contributed by atoms with Gasteiger partial charge in [0.1, 0.15) is 11.9 Å². The van der Waals surface area contributed by atoms with Gasteiger partial charge in [-0.2, -0.15) is 0 Å². The molecule has 1 aliphatic carbocycles. The fourth-order valence-electron chi connectivity index (χ4n) is 4.82. The first-order chi connectivity index (χ1) is 12.7. The Kier molecular flexibility index (Phi) is 4.01. The zero-order valence-corrected chi connectivity index (χ0v) is 14.6. The third-order valence-corrected chi connectivity index (χ3v) is 6.41. The molecule has 7 heteroatoms. The van der Waals surface area contributed by atoms with Crippen LogP contribution in [0.15, 0.2) is 22.8 Å². The molecular weight excluding hydrogens is 336 g/mol. The molecule has 1 aromatic rings. The van der Waals surface area contributed by atoms with Gasteiger partial charge in [0.2, 0.25) is 11.8 Å². The molecule has 4 aliphatic rings. The second-order valence-corrected chi connectivity index (χ2v) is 7.92. The van der Waals surface area contributed by atoms with Crippen LogP contribution in [0, 0.1) is 23.7 Å². The second kappa shape index (κ2) is 6.39. The van der Waals surface area contributed by atoms with Crippen LogP contribution in [0.5, 0.6) is 0 Å². The van der Waals surface area contributed by atoms with E-state index in [1.165, 1.54) is 0 Å². The van der Waals surface area contributed by atoms with Crippen molar-refractivity contribution < 1.29 is 23.5 Å². The van der Waals surface area contributed by atoms with Gasteiger partial charge in [-0.05, 0) is 42.7 Å². The minimum atomic E-state index is -0.427. The number of piperidine rings is 1. The zero-order valence-electron chi connectivity index (χ0n) is 14.6. The highest BCUT2D eigenvalue weighted by Crippen LogP contribution is 2.52. The lowest BCUT2D eigenvalue weighted by Crippen LogP contribution is -2.46. The third-order valence-electron chi connectivity index (χ3n) is 6.41. The summed E-state index contributed by atoms with van der Waals surface area (Å²) in [6.07, 6.45) is 2.79. The first-order valence-corrected chi connectivity index (χ1v) is 9.53. The first-order valence-electron chi connectivity index (χ1n) is 9.53. The molecule has 1 N–H and O–H groups in total. The number of hydrogen-bond acceptors (Lipinski definition) is 5. The maximum atomic E-state index is 12.7. The SMILES string of the molecule is O=C(NCc1ccco1)[C@@H]1C[C@H]2CCN(C(=O)C3[C@H]4COC[C@@H]34)C[C@@H]2O1. The van der Waals surface area contributed by atoms with Crippen LogP contribution in [0.3, 0.4) is 0 Å². The Bertz CT molecular complexity index is 680. The summed E-state index contributed by atoms with van der Waals surface area (Å²) in [5.41, 5.74) is 0. The Morgan fingerprint density at radius 1 is 1.27 bits per heavy atom. The van der Waals surface area contributed by atoms with E-state index in [0.29, 0.717) is 30.8 Å². The standard InChI is InChI=1S/C19H24N2O5/c22-18(20-7-12-2-1-5-25-12)15-6-11-3-4-21(8-16(11)26-15)19(23)17-13-9-24-10-14(13)17/h1-2,5,11,13-17H,3-4,6-10H2,(H,20,22)/t11-,13-,14+,15+,16+,17?/m1/s1. The Hall–Kier alpha value is -1.86. The number of nitrogens with zero attached hydrogens (tertiary/aromatic N) is 1. The molecule has 1 aromatic heterocycles. The number of amides is 2. The van der Waals surface area contributed by atoms with Crippen LogP contribution in [0.1, 0.15) is 18.6 Å². The summed E-state index contributed by atoms with van der Waals surface area (Å²) in [5.74, 6) is 2.28. The van der Waals surface area contributed by atoms with E-state index in [2.05, 4.69) is 5.32 Å². The maximum absolute atomic E-state index is 12.7. The number of likely N-dealkylation sites (tertiary alicyclic amines) is 1. The van der Waals surface area contributed by atoms with Crippen molar-refractivity contribution in [1.82, 2.24) is 10.2 Å². The van der Waals surface area contributed by atoms with E-state index in [-0.39, 0.29) is 23.8 Å². The Morgan fingerprint density at radius 3 is 2.88 bits per heavy atom. The quantitative estimate of drug-likeness (QED) is 0.859. The minimum absolute atomic E-state index is 0.0260. The van der Waals surface area contributed by atoms with E-state index in [1.807, 2.05) is 11.0 Å². The second-order valence-electron chi connectivity index (χ2n) is 7.92. The molecule has 0 bridgehead atoms. The normalized spacial score (nSPS) is 37.9. The summed E-state index contributed by atoms with van der Waals surface area (Å²) in [7, 11) is 0. The molecule has 3 saturated heterocycles. The lowest BCUT2D eigenvalue weighted by Gasteiger charge is -2.34. The maximum Gasteiger partial charge on any atom is 0.249 e. The molecule has 7 nitrogen and oxygen atoms in total. The Balaban J connectivity index is 1.14. The predicted octanol–water partition coefficient (Wildman–Crippen LogP) is 0.794. The number of ether oxygens (including phenoxy) is 2. The van der Waals surface area contributed by atoms with Gasteiger partial charge >= 0.3 is 0 Å². The number of nitrogens with one attached hydrogen (secondary N) is 1. The number of furan rings is 1. The van der Waals surface area contributed by atoms with Crippen LogP contribution >= 0.6 is 0 Å². The van der Waals surface area contributed by atoms with Crippen molar-refractivity contribution in [3.63, 3.8) is 0 Å². The van der Waals surface area contributed by atoms with E-state index in [4.69, 9.17) is 13.9 Å². The van der Waals surface area contributed by atoms with Crippen molar-refractivity contribution in [1.29, 1.82) is 0 Å². The van der Waals surface area contributed by atoms with Crippen molar-refractivity contribution in [3.05, 3.63) is 24.2 Å². The molecule has 1 unspecified atom stereocenters. The van der Waals surface area contributed by atoms with Gasteiger partial charge in [0, 0.05) is 19.0 Å². The van der Waals surface area contributed by atoms with Crippen LogP contribution < -0.4 is 5.32 Å². The topological polar surface area (TPSA) is 81.0 Å². The molecule has 2 amide bonds. The summed E-state index contributed by atoms with van der Waals surface area (Å²) < 4.78 is 16.6. The summed E-state index contributed by atoms with van der Waals surface area (Å²) in [6.45, 7) is 3.23. The average molecular weight is 360 g/mol. The summed E-state index contributed by atoms with van der Waals surface area (Å²) >= 11 is 0. The van der Waals surface area contributed by atoms with Crippen molar-refractivity contribution in [3.8, 4) is 0 Å². The van der Waals surface area contributed by atoms with E-state index in [1.54, 1.807) is 12.3 Å². The van der Waals surface area contributed by atoms with Crippen LogP contribution in [0.4, 0.5) is 0 Å². The molecule has 5 rings (SSSR count). The molecule has 1 saturated carbocycles. The molecule has 140 valence electrons. The Labute approximate surface area is 152 Å². The van der Waals surface area contributed by atoms with E-state index in [9.17, 15) is 9.59 Å². The van der Waals surface area contributed by atoms with Gasteiger partial charge in [0.15, 0.2) is 0 Å². The van der Waals surface area contributed by atoms with Crippen LogP contribution in [-0.2, 0) is 25.6 Å². The van der Waals surface area contributed by atoms with Crippen molar-refractivity contribution in [2.75, 3.05) is 26.3 Å². The highest BCUT2D eigenvalue weighted by Gasteiger charge is 2.59. The number of fused-ring (bicyclic) bond motifs is 2. The van der Waals surface area contributed by atoms with Crippen molar-refractivity contribution in [2.24, 2.45) is 23.7 Å². The highest BCUT2D eigenvalue weighted by molar-refractivity contribution is 5.83. The molecular formula is C19H24N2O5. The van der Waals surface area contributed by atoms with Crippen LogP contribution in [-0.4, -0.2) is 55.2 Å². The van der Waals surface area contributed by atoms with E-state index in [0.717, 1.165) is 38.4 Å². The molecule has 3 aliphatic heterocycles. The molecule has 4 heterocycles. The van der Waals surface area contributed by atoms with Crippen LogP contribution in [0.2, 0.25) is 0 Å². The molecule has 26 heavy (non-hydrogen) atoms. The van der Waals surface area contributed by atoms with Gasteiger partial charge < -0.3 is 24.1 Å². The van der Waals surface area contributed by atoms with E-state index < -0.39 is 6.10 Å². The zero-order chi connectivity index (χ0) is 17.7. The lowest BCUT2D eigenvalue weighted by molar-refractivity contribution is -0.140. The largest absolute Gasteiger partial charge is 0.467 e. The smallest absolute Gasteiger partial charge is 0.249 e. The van der Waals surface area contributed by atoms with Gasteiger partial charge in [-0.15, -0.1) is 0 Å². The van der Waals surface area contributed by atoms with E-state index >= 15 is 0 Å². The predicted molar refractivity (Wildman–Crippen MR) is 89.8 cm³/mol. The molecule has 0 radical (unpaired) electrons. The molecule has 0 aromatic carbocycles. The number of hydrogen-bond donors (Lipinski definition) is 1. The summed E-state index contributed by atoms with van der Waals surface area (Å²) in [5, 5.41) is 2.87. The van der Waals surface area contributed by atoms with Crippen molar-refractivity contribution in [2.45, 2.75) is 31.6 Å². The van der Waals surface area contributed by atoms with Gasteiger partial charge in [0.05, 0.1) is 32.1 Å². The molecule has 0 spiro atoms. The fourth-order valence-corrected chi connectivity index (χ4v) is 4.82. The molecule has 4 fully saturated rings. The van der Waals surface area contributed by atoms with Gasteiger partial charge in [-0.25, -0.2) is 0 Å². The highest BCUT2D eigenvalue weighted by atomic mass is 16.5. The van der Waals surface area contributed by atoms with Gasteiger partial charge in [-0.1, -0.05) is 0 Å².